The molecule has 2 aliphatic rings. The van der Waals surface area contributed by atoms with Crippen LogP contribution in [-0.4, -0.2) is 56.7 Å². The molecule has 0 spiro atoms. The third-order valence-corrected chi connectivity index (χ3v) is 4.69. The van der Waals surface area contributed by atoms with E-state index in [0.717, 1.165) is 24.8 Å². The van der Waals surface area contributed by atoms with Crippen LogP contribution < -0.4 is 0 Å². The van der Waals surface area contributed by atoms with E-state index in [0.29, 0.717) is 19.0 Å². The topological polar surface area (TPSA) is 89.5 Å². The first-order valence-corrected chi connectivity index (χ1v) is 7.30. The van der Waals surface area contributed by atoms with Gasteiger partial charge in [-0.3, -0.25) is 5.10 Å². The minimum Gasteiger partial charge on any atom is -0.480 e. The van der Waals surface area contributed by atoms with Gasteiger partial charge in [0, 0.05) is 25.4 Å². The largest absolute Gasteiger partial charge is 0.480 e. The number of likely N-dealkylation sites (tertiary alicyclic amines) is 1. The van der Waals surface area contributed by atoms with Crippen LogP contribution in [-0.2, 0) is 11.3 Å². The number of carbonyl (C=O) groups is 2. The van der Waals surface area contributed by atoms with Gasteiger partial charge in [-0.25, -0.2) is 9.59 Å². The zero-order chi connectivity index (χ0) is 15.0. The van der Waals surface area contributed by atoms with Gasteiger partial charge in [0.1, 0.15) is 6.04 Å². The summed E-state index contributed by atoms with van der Waals surface area (Å²) in [6.45, 7) is 0.990. The Morgan fingerprint density at radius 2 is 2.33 bits per heavy atom. The van der Waals surface area contributed by atoms with Crippen molar-refractivity contribution < 1.29 is 14.7 Å². The molecule has 7 heteroatoms. The van der Waals surface area contributed by atoms with Crippen LogP contribution in [0.15, 0.2) is 12.4 Å². The van der Waals surface area contributed by atoms with Crippen LogP contribution in [0.1, 0.15) is 24.8 Å². The number of carbonyl (C=O) groups excluding carboxylic acids is 1. The number of nitrogens with one attached hydrogen (secondary N) is 1. The van der Waals surface area contributed by atoms with Crippen molar-refractivity contribution in [2.75, 3.05) is 13.6 Å². The Morgan fingerprint density at radius 3 is 3.00 bits per heavy atom. The fraction of sp³-hybridized carbons (Fsp3) is 0.643. The Bertz CT molecular complexity index is 530. The van der Waals surface area contributed by atoms with Crippen LogP contribution in [0, 0.1) is 11.8 Å². The molecular weight excluding hydrogens is 272 g/mol. The van der Waals surface area contributed by atoms with Gasteiger partial charge in [0.25, 0.3) is 0 Å². The van der Waals surface area contributed by atoms with Crippen LogP contribution in [0.25, 0.3) is 0 Å². The molecule has 114 valence electrons. The summed E-state index contributed by atoms with van der Waals surface area (Å²) in [5.74, 6) is -0.416. The first kappa shape index (κ1) is 13.9. The maximum atomic E-state index is 12.6. The number of aromatic nitrogens is 2. The lowest BCUT2D eigenvalue weighted by Gasteiger charge is -2.29. The van der Waals surface area contributed by atoms with Crippen molar-refractivity contribution >= 4 is 12.0 Å². The van der Waals surface area contributed by atoms with E-state index in [4.69, 9.17) is 0 Å². The molecular formula is C14H20N4O3. The van der Waals surface area contributed by atoms with Crippen LogP contribution in [0.2, 0.25) is 0 Å². The van der Waals surface area contributed by atoms with Gasteiger partial charge in [-0.2, -0.15) is 5.10 Å². The second-order valence-corrected chi connectivity index (χ2v) is 6.04. The lowest BCUT2D eigenvalue weighted by Crippen LogP contribution is -2.48. The van der Waals surface area contributed by atoms with Crippen molar-refractivity contribution in [2.24, 2.45) is 11.8 Å². The molecule has 2 amide bonds. The van der Waals surface area contributed by atoms with Crippen molar-refractivity contribution in [3.63, 3.8) is 0 Å². The molecule has 1 saturated carbocycles. The lowest BCUT2D eigenvalue weighted by atomic mass is 9.94. The minimum absolute atomic E-state index is 0.119. The summed E-state index contributed by atoms with van der Waals surface area (Å²) in [5.41, 5.74) is 0.900. The molecule has 3 atom stereocenters. The molecule has 2 fully saturated rings. The molecule has 7 nitrogen and oxygen atoms in total. The van der Waals surface area contributed by atoms with E-state index < -0.39 is 12.0 Å². The average Bonchev–Trinajstić information content (AvgIpc) is 3.12. The van der Waals surface area contributed by atoms with E-state index in [1.165, 1.54) is 4.90 Å². The molecule has 1 aliphatic heterocycles. The van der Waals surface area contributed by atoms with E-state index in [-0.39, 0.29) is 11.9 Å². The van der Waals surface area contributed by atoms with Crippen LogP contribution >= 0.6 is 0 Å². The number of hydrogen-bond acceptors (Lipinski definition) is 3. The SMILES string of the molecule is CN(Cc1cn[nH]c1)C(=O)N1CC2CCCC2C1C(=O)O. The van der Waals surface area contributed by atoms with Crippen LogP contribution in [0.4, 0.5) is 4.79 Å². The Morgan fingerprint density at radius 1 is 1.52 bits per heavy atom. The normalized spacial score (nSPS) is 27.7. The monoisotopic (exact) mass is 292 g/mol. The number of rotatable bonds is 3. The summed E-state index contributed by atoms with van der Waals surface area (Å²) in [6, 6.07) is -0.880. The van der Waals surface area contributed by atoms with E-state index in [9.17, 15) is 14.7 Å². The van der Waals surface area contributed by atoms with Crippen molar-refractivity contribution in [1.29, 1.82) is 0 Å². The molecule has 2 heterocycles. The summed E-state index contributed by atoms with van der Waals surface area (Å²) in [6.07, 6.45) is 6.42. The predicted molar refractivity (Wildman–Crippen MR) is 74.4 cm³/mol. The number of carboxylic acid groups (broad SMARTS) is 1. The highest BCUT2D eigenvalue weighted by molar-refractivity contribution is 5.83. The molecule has 0 aromatic carbocycles. The highest BCUT2D eigenvalue weighted by Crippen LogP contribution is 2.42. The number of aromatic amines is 1. The van der Waals surface area contributed by atoms with Gasteiger partial charge in [-0.1, -0.05) is 6.42 Å². The lowest BCUT2D eigenvalue weighted by molar-refractivity contribution is -0.142. The number of fused-ring (bicyclic) bond motifs is 1. The summed E-state index contributed by atoms with van der Waals surface area (Å²) >= 11 is 0. The maximum Gasteiger partial charge on any atom is 0.326 e. The molecule has 1 saturated heterocycles. The standard InChI is InChI=1S/C14H20N4O3/c1-17(7-9-5-15-16-6-9)14(21)18-8-10-3-2-4-11(10)12(18)13(19)20/h5-6,10-12H,2-4,7-8H2,1H3,(H,15,16)(H,19,20). The first-order valence-electron chi connectivity index (χ1n) is 7.30. The summed E-state index contributed by atoms with van der Waals surface area (Å²) in [5, 5.41) is 16.0. The van der Waals surface area contributed by atoms with Crippen molar-refractivity contribution in [3.8, 4) is 0 Å². The number of amides is 2. The first-order chi connectivity index (χ1) is 10.1. The zero-order valence-corrected chi connectivity index (χ0v) is 12.0. The number of hydrogen-bond donors (Lipinski definition) is 2. The van der Waals surface area contributed by atoms with E-state index in [2.05, 4.69) is 10.2 Å². The summed E-state index contributed by atoms with van der Waals surface area (Å²) < 4.78 is 0. The molecule has 3 rings (SSSR count). The highest BCUT2D eigenvalue weighted by Gasteiger charge is 2.50. The van der Waals surface area contributed by atoms with Crippen molar-refractivity contribution in [2.45, 2.75) is 31.8 Å². The van der Waals surface area contributed by atoms with Crippen molar-refractivity contribution in [3.05, 3.63) is 18.0 Å². The number of nitrogens with zero attached hydrogens (tertiary/aromatic N) is 3. The number of urea groups is 1. The van der Waals surface area contributed by atoms with Crippen LogP contribution in [0.3, 0.4) is 0 Å². The molecule has 0 bridgehead atoms. The minimum atomic E-state index is -0.880. The van der Waals surface area contributed by atoms with E-state index in [1.807, 2.05) is 0 Å². The Balaban J connectivity index is 1.72. The third-order valence-electron chi connectivity index (χ3n) is 4.69. The van der Waals surface area contributed by atoms with Gasteiger partial charge in [-0.05, 0) is 24.7 Å². The third kappa shape index (κ3) is 2.48. The second-order valence-electron chi connectivity index (χ2n) is 6.04. The van der Waals surface area contributed by atoms with Gasteiger partial charge >= 0.3 is 12.0 Å². The molecule has 2 N–H and O–H groups in total. The molecule has 3 unspecified atom stereocenters. The smallest absolute Gasteiger partial charge is 0.326 e. The zero-order valence-electron chi connectivity index (χ0n) is 12.0. The summed E-state index contributed by atoms with van der Waals surface area (Å²) in [7, 11) is 1.70. The Hall–Kier alpha value is -2.05. The molecule has 21 heavy (non-hydrogen) atoms. The van der Waals surface area contributed by atoms with Gasteiger partial charge in [0.05, 0.1) is 12.7 Å². The highest BCUT2D eigenvalue weighted by atomic mass is 16.4. The van der Waals surface area contributed by atoms with Gasteiger partial charge in [-0.15, -0.1) is 0 Å². The molecule has 1 aromatic rings. The van der Waals surface area contributed by atoms with Crippen LogP contribution in [0.5, 0.6) is 0 Å². The molecule has 1 aliphatic carbocycles. The fourth-order valence-corrected chi connectivity index (χ4v) is 3.74. The Labute approximate surface area is 122 Å². The molecule has 0 radical (unpaired) electrons. The number of aliphatic carboxylic acids is 1. The number of carboxylic acids is 1. The summed E-state index contributed by atoms with van der Waals surface area (Å²) in [4.78, 5) is 27.2. The van der Waals surface area contributed by atoms with E-state index in [1.54, 1.807) is 24.3 Å². The average molecular weight is 292 g/mol. The van der Waals surface area contributed by atoms with Crippen molar-refractivity contribution in [1.82, 2.24) is 20.0 Å². The fourth-order valence-electron chi connectivity index (χ4n) is 3.74. The van der Waals surface area contributed by atoms with Gasteiger partial charge in [0.15, 0.2) is 0 Å². The second kappa shape index (κ2) is 5.38. The van der Waals surface area contributed by atoms with Gasteiger partial charge < -0.3 is 14.9 Å². The molecule has 1 aromatic heterocycles. The quantitative estimate of drug-likeness (QED) is 0.874. The van der Waals surface area contributed by atoms with Gasteiger partial charge in [0.2, 0.25) is 0 Å². The number of H-pyrrole nitrogens is 1. The Kier molecular flexibility index (Phi) is 3.57. The van der Waals surface area contributed by atoms with E-state index >= 15 is 0 Å². The maximum absolute atomic E-state index is 12.6. The predicted octanol–water partition coefficient (Wildman–Crippen LogP) is 1.15.